The van der Waals surface area contributed by atoms with Crippen molar-refractivity contribution in [1.82, 2.24) is 5.32 Å². The molecule has 5 nitrogen and oxygen atoms in total. The molecule has 0 saturated carbocycles. The Morgan fingerprint density at radius 2 is 1.85 bits per heavy atom. The summed E-state index contributed by atoms with van der Waals surface area (Å²) >= 11 is 0. The number of piperidine rings is 1. The standard InChI is InChI=1S/C21H25N3O2.ClH/c1-15-13-16(11-12-22-15)20(25)23-18-8-6-7-17(14-18)21(26)24(2)19-9-4-3-5-10-19;/h3-10,14-16,22H,11-13H2,1-2H3,(H,23,25);1H/t15-,16-;/m0./s1. The third kappa shape index (κ3) is 5.31. The molecule has 2 aromatic rings. The molecule has 27 heavy (non-hydrogen) atoms. The lowest BCUT2D eigenvalue weighted by atomic mass is 9.92. The molecule has 2 atom stereocenters. The molecule has 1 heterocycles. The first-order chi connectivity index (χ1) is 12.5. The van der Waals surface area contributed by atoms with Gasteiger partial charge in [-0.3, -0.25) is 9.59 Å². The van der Waals surface area contributed by atoms with Gasteiger partial charge in [-0.25, -0.2) is 0 Å². The number of halogens is 1. The Morgan fingerprint density at radius 3 is 2.56 bits per heavy atom. The summed E-state index contributed by atoms with van der Waals surface area (Å²) in [7, 11) is 1.75. The van der Waals surface area contributed by atoms with Crippen LogP contribution in [0.2, 0.25) is 0 Å². The van der Waals surface area contributed by atoms with Crippen molar-refractivity contribution in [1.29, 1.82) is 0 Å². The Kier molecular flexibility index (Phi) is 7.39. The van der Waals surface area contributed by atoms with E-state index in [9.17, 15) is 9.59 Å². The quantitative estimate of drug-likeness (QED) is 0.840. The molecular weight excluding hydrogens is 362 g/mol. The monoisotopic (exact) mass is 387 g/mol. The molecule has 1 aliphatic heterocycles. The zero-order chi connectivity index (χ0) is 18.5. The van der Waals surface area contributed by atoms with Crippen LogP contribution in [-0.2, 0) is 4.79 Å². The number of para-hydroxylation sites is 1. The summed E-state index contributed by atoms with van der Waals surface area (Å²) < 4.78 is 0. The predicted octanol–water partition coefficient (Wildman–Crippen LogP) is 3.71. The molecule has 0 radical (unpaired) electrons. The van der Waals surface area contributed by atoms with E-state index in [2.05, 4.69) is 17.6 Å². The fraction of sp³-hybridized carbons (Fsp3) is 0.333. The number of benzene rings is 2. The van der Waals surface area contributed by atoms with E-state index in [4.69, 9.17) is 0 Å². The van der Waals surface area contributed by atoms with Crippen molar-refractivity contribution in [2.75, 3.05) is 23.8 Å². The van der Waals surface area contributed by atoms with Gasteiger partial charge in [0.1, 0.15) is 0 Å². The topological polar surface area (TPSA) is 61.4 Å². The number of nitrogens with one attached hydrogen (secondary N) is 2. The highest BCUT2D eigenvalue weighted by Crippen LogP contribution is 2.21. The minimum absolute atomic E-state index is 0. The normalized spacial score (nSPS) is 18.9. The lowest BCUT2D eigenvalue weighted by molar-refractivity contribution is -0.120. The average Bonchev–Trinajstić information content (AvgIpc) is 2.67. The van der Waals surface area contributed by atoms with E-state index < -0.39 is 0 Å². The minimum Gasteiger partial charge on any atom is -0.326 e. The van der Waals surface area contributed by atoms with Gasteiger partial charge in [0, 0.05) is 35.9 Å². The molecule has 2 N–H and O–H groups in total. The van der Waals surface area contributed by atoms with Gasteiger partial charge in [-0.05, 0) is 56.6 Å². The molecule has 0 aromatic heterocycles. The SMILES string of the molecule is C[C@H]1C[C@@H](C(=O)Nc2cccc(C(=O)N(C)c3ccccc3)c2)CCN1.Cl. The Bertz CT molecular complexity index is 782. The van der Waals surface area contributed by atoms with Crippen LogP contribution in [0.15, 0.2) is 54.6 Å². The second-order valence-corrected chi connectivity index (χ2v) is 6.85. The van der Waals surface area contributed by atoms with Crippen molar-refractivity contribution in [3.05, 3.63) is 60.2 Å². The highest BCUT2D eigenvalue weighted by molar-refractivity contribution is 6.06. The van der Waals surface area contributed by atoms with E-state index in [1.54, 1.807) is 30.1 Å². The second kappa shape index (κ2) is 9.53. The Morgan fingerprint density at radius 1 is 1.11 bits per heavy atom. The first-order valence-electron chi connectivity index (χ1n) is 9.02. The van der Waals surface area contributed by atoms with E-state index in [1.807, 2.05) is 36.4 Å². The molecule has 1 fully saturated rings. The van der Waals surface area contributed by atoms with Crippen LogP contribution in [0.5, 0.6) is 0 Å². The zero-order valence-electron chi connectivity index (χ0n) is 15.6. The molecule has 1 aliphatic rings. The molecular formula is C21H26ClN3O2. The van der Waals surface area contributed by atoms with Gasteiger partial charge in [0.25, 0.3) is 5.91 Å². The van der Waals surface area contributed by atoms with Crippen molar-refractivity contribution < 1.29 is 9.59 Å². The van der Waals surface area contributed by atoms with E-state index in [0.717, 1.165) is 25.1 Å². The summed E-state index contributed by atoms with van der Waals surface area (Å²) in [6.07, 6.45) is 1.67. The molecule has 2 aromatic carbocycles. The molecule has 1 saturated heterocycles. The fourth-order valence-electron chi connectivity index (χ4n) is 3.31. The maximum absolute atomic E-state index is 12.7. The molecule has 0 aliphatic carbocycles. The maximum Gasteiger partial charge on any atom is 0.258 e. The molecule has 0 bridgehead atoms. The number of carbonyl (C=O) groups is 2. The van der Waals surface area contributed by atoms with Gasteiger partial charge in [0.15, 0.2) is 0 Å². The van der Waals surface area contributed by atoms with Crippen LogP contribution in [-0.4, -0.2) is 31.4 Å². The minimum atomic E-state index is -0.109. The molecule has 144 valence electrons. The van der Waals surface area contributed by atoms with Crippen LogP contribution in [0.1, 0.15) is 30.1 Å². The molecule has 3 rings (SSSR count). The van der Waals surface area contributed by atoms with E-state index in [0.29, 0.717) is 17.3 Å². The lowest BCUT2D eigenvalue weighted by Crippen LogP contribution is -2.40. The van der Waals surface area contributed by atoms with Gasteiger partial charge in [-0.2, -0.15) is 0 Å². The highest BCUT2D eigenvalue weighted by atomic mass is 35.5. The predicted molar refractivity (Wildman–Crippen MR) is 112 cm³/mol. The van der Waals surface area contributed by atoms with Crippen molar-refractivity contribution in [2.45, 2.75) is 25.8 Å². The number of carbonyl (C=O) groups excluding carboxylic acids is 2. The van der Waals surface area contributed by atoms with Crippen LogP contribution in [0.4, 0.5) is 11.4 Å². The van der Waals surface area contributed by atoms with E-state index in [-0.39, 0.29) is 30.1 Å². The summed E-state index contributed by atoms with van der Waals surface area (Å²) in [5.74, 6) is -0.0697. The van der Waals surface area contributed by atoms with E-state index >= 15 is 0 Å². The lowest BCUT2D eigenvalue weighted by Gasteiger charge is -2.27. The number of nitrogens with zero attached hydrogens (tertiary/aromatic N) is 1. The van der Waals surface area contributed by atoms with E-state index in [1.165, 1.54) is 0 Å². The first kappa shape index (κ1) is 20.9. The summed E-state index contributed by atoms with van der Waals surface area (Å²) in [6.45, 7) is 2.96. The molecule has 2 amide bonds. The largest absolute Gasteiger partial charge is 0.326 e. The number of amides is 2. The average molecular weight is 388 g/mol. The molecule has 0 unspecified atom stereocenters. The van der Waals surface area contributed by atoms with Crippen molar-refractivity contribution in [2.24, 2.45) is 5.92 Å². The number of hydrogen-bond donors (Lipinski definition) is 2. The second-order valence-electron chi connectivity index (χ2n) is 6.85. The summed E-state index contributed by atoms with van der Waals surface area (Å²) in [6, 6.07) is 17.0. The fourth-order valence-corrected chi connectivity index (χ4v) is 3.31. The number of rotatable bonds is 4. The van der Waals surface area contributed by atoms with Gasteiger partial charge >= 0.3 is 0 Å². The Balaban J connectivity index is 0.00000261. The van der Waals surface area contributed by atoms with Crippen LogP contribution in [0.25, 0.3) is 0 Å². The summed E-state index contributed by atoms with van der Waals surface area (Å²) in [4.78, 5) is 26.9. The zero-order valence-corrected chi connectivity index (χ0v) is 16.5. The first-order valence-corrected chi connectivity index (χ1v) is 9.02. The number of hydrogen-bond acceptors (Lipinski definition) is 3. The van der Waals surface area contributed by atoms with Gasteiger partial charge in [-0.15, -0.1) is 12.4 Å². The third-order valence-corrected chi connectivity index (χ3v) is 4.82. The van der Waals surface area contributed by atoms with Crippen molar-refractivity contribution in [3.63, 3.8) is 0 Å². The summed E-state index contributed by atoms with van der Waals surface area (Å²) in [5.41, 5.74) is 2.04. The van der Waals surface area contributed by atoms with Gasteiger partial charge in [-0.1, -0.05) is 24.3 Å². The molecule has 6 heteroatoms. The molecule has 0 spiro atoms. The van der Waals surface area contributed by atoms with Crippen LogP contribution >= 0.6 is 12.4 Å². The van der Waals surface area contributed by atoms with Gasteiger partial charge in [0.2, 0.25) is 5.91 Å². The number of anilines is 2. The maximum atomic E-state index is 12.7. The Hall–Kier alpha value is -2.37. The van der Waals surface area contributed by atoms with Crippen LogP contribution < -0.4 is 15.5 Å². The van der Waals surface area contributed by atoms with Gasteiger partial charge < -0.3 is 15.5 Å². The summed E-state index contributed by atoms with van der Waals surface area (Å²) in [5, 5.41) is 6.32. The third-order valence-electron chi connectivity index (χ3n) is 4.82. The smallest absolute Gasteiger partial charge is 0.258 e. The Labute approximate surface area is 166 Å². The van der Waals surface area contributed by atoms with Gasteiger partial charge in [0.05, 0.1) is 0 Å². The van der Waals surface area contributed by atoms with Crippen LogP contribution in [0, 0.1) is 5.92 Å². The highest BCUT2D eigenvalue weighted by Gasteiger charge is 2.25. The van der Waals surface area contributed by atoms with Crippen molar-refractivity contribution in [3.8, 4) is 0 Å². The van der Waals surface area contributed by atoms with Crippen LogP contribution in [0.3, 0.4) is 0 Å². The van der Waals surface area contributed by atoms with Crippen molar-refractivity contribution >= 4 is 35.6 Å².